The molecule has 0 spiro atoms. The van der Waals surface area contributed by atoms with E-state index in [1.807, 2.05) is 18.2 Å². The number of carbonyl (C=O) groups is 1. The van der Waals surface area contributed by atoms with Gasteiger partial charge in [-0.2, -0.15) is 0 Å². The van der Waals surface area contributed by atoms with Gasteiger partial charge in [0, 0.05) is 25.7 Å². The summed E-state index contributed by atoms with van der Waals surface area (Å²) in [5.41, 5.74) is 1.46. The molecule has 0 aromatic heterocycles. The maximum absolute atomic E-state index is 13.3. The van der Waals surface area contributed by atoms with Gasteiger partial charge in [0.25, 0.3) is 0 Å². The molecule has 2 aromatic rings. The van der Waals surface area contributed by atoms with Gasteiger partial charge in [-0.1, -0.05) is 49.4 Å². The largest absolute Gasteiger partial charge is 0.381 e. The van der Waals surface area contributed by atoms with Crippen molar-refractivity contribution in [2.75, 3.05) is 19.8 Å². The summed E-state index contributed by atoms with van der Waals surface area (Å²) in [6, 6.07) is 16.6. The van der Waals surface area contributed by atoms with E-state index in [4.69, 9.17) is 4.74 Å². The highest BCUT2D eigenvalue weighted by Gasteiger charge is 2.41. The van der Waals surface area contributed by atoms with Crippen LogP contribution in [0.3, 0.4) is 0 Å². The van der Waals surface area contributed by atoms with E-state index in [2.05, 4.69) is 24.4 Å². The van der Waals surface area contributed by atoms with Gasteiger partial charge in [-0.3, -0.25) is 4.79 Å². The minimum Gasteiger partial charge on any atom is -0.381 e. The highest BCUT2D eigenvalue weighted by Crippen LogP contribution is 2.35. The smallest absolute Gasteiger partial charge is 0.230 e. The van der Waals surface area contributed by atoms with Crippen LogP contribution in [0.1, 0.15) is 43.2 Å². The normalized spacial score (nSPS) is 17.5. The lowest BCUT2D eigenvalue weighted by atomic mass is 9.73. The van der Waals surface area contributed by atoms with Crippen molar-refractivity contribution in [3.8, 4) is 0 Å². The van der Waals surface area contributed by atoms with Crippen LogP contribution in [0, 0.1) is 5.82 Å². The van der Waals surface area contributed by atoms with Crippen LogP contribution in [0.25, 0.3) is 0 Å². The molecule has 2 aromatic carbocycles. The van der Waals surface area contributed by atoms with Crippen LogP contribution in [0.2, 0.25) is 0 Å². The molecule has 0 radical (unpaired) electrons. The first-order valence-corrected chi connectivity index (χ1v) is 9.33. The number of carbonyl (C=O) groups excluding carboxylic acids is 1. The third kappa shape index (κ3) is 3.96. The first-order chi connectivity index (χ1) is 12.7. The number of ether oxygens (including phenoxy) is 1. The molecule has 138 valence electrons. The van der Waals surface area contributed by atoms with E-state index in [-0.39, 0.29) is 17.6 Å². The van der Waals surface area contributed by atoms with E-state index in [0.29, 0.717) is 32.6 Å². The predicted molar refractivity (Wildman–Crippen MR) is 101 cm³/mol. The van der Waals surface area contributed by atoms with Gasteiger partial charge in [0.1, 0.15) is 5.82 Å². The average molecular weight is 355 g/mol. The summed E-state index contributed by atoms with van der Waals surface area (Å²) in [6.45, 7) is 3.82. The van der Waals surface area contributed by atoms with E-state index in [0.717, 1.165) is 12.0 Å². The van der Waals surface area contributed by atoms with E-state index < -0.39 is 5.41 Å². The molecule has 4 heteroatoms. The van der Waals surface area contributed by atoms with Crippen LogP contribution in [0.15, 0.2) is 54.6 Å². The van der Waals surface area contributed by atoms with Gasteiger partial charge in [0.2, 0.25) is 5.91 Å². The first kappa shape index (κ1) is 18.6. The fourth-order valence-electron chi connectivity index (χ4n) is 3.74. The molecule has 1 atom stereocenters. The number of hydrogen-bond acceptors (Lipinski definition) is 2. The van der Waals surface area contributed by atoms with Gasteiger partial charge < -0.3 is 10.1 Å². The maximum Gasteiger partial charge on any atom is 0.230 e. The zero-order valence-electron chi connectivity index (χ0n) is 15.2. The summed E-state index contributed by atoms with van der Waals surface area (Å²) >= 11 is 0. The van der Waals surface area contributed by atoms with Gasteiger partial charge in [0.15, 0.2) is 0 Å². The first-order valence-electron chi connectivity index (χ1n) is 9.33. The lowest BCUT2D eigenvalue weighted by Gasteiger charge is -2.36. The Labute approximate surface area is 154 Å². The molecule has 1 saturated heterocycles. The van der Waals surface area contributed by atoms with Crippen molar-refractivity contribution in [1.29, 1.82) is 0 Å². The number of halogens is 1. The molecule has 0 saturated carbocycles. The standard InChI is InChI=1S/C22H26FNO2/c1-2-17(18-6-4-3-5-7-18)16-24-21(25)22(12-14-26-15-13-22)19-8-10-20(23)11-9-19/h3-11,17H,2,12-16H2,1H3,(H,24,25). The molecule has 1 N–H and O–H groups in total. The van der Waals surface area contributed by atoms with Gasteiger partial charge >= 0.3 is 0 Å². The number of nitrogens with one attached hydrogen (secondary N) is 1. The predicted octanol–water partition coefficient (Wildman–Crippen LogP) is 4.18. The van der Waals surface area contributed by atoms with Crippen molar-refractivity contribution in [3.63, 3.8) is 0 Å². The van der Waals surface area contributed by atoms with E-state index in [1.54, 1.807) is 12.1 Å². The molecule has 1 fully saturated rings. The fraction of sp³-hybridized carbons (Fsp3) is 0.409. The summed E-state index contributed by atoms with van der Waals surface area (Å²) in [5, 5.41) is 3.17. The Morgan fingerprint density at radius 2 is 1.77 bits per heavy atom. The van der Waals surface area contributed by atoms with E-state index in [9.17, 15) is 9.18 Å². The molecule has 0 aliphatic carbocycles. The van der Waals surface area contributed by atoms with Gasteiger partial charge in [0.05, 0.1) is 5.41 Å². The minimum atomic E-state index is -0.638. The third-order valence-corrected chi connectivity index (χ3v) is 5.45. The van der Waals surface area contributed by atoms with Crippen LogP contribution in [-0.2, 0) is 14.9 Å². The fourth-order valence-corrected chi connectivity index (χ4v) is 3.74. The Morgan fingerprint density at radius 3 is 2.38 bits per heavy atom. The molecular weight excluding hydrogens is 329 g/mol. The Balaban J connectivity index is 1.77. The number of hydrogen-bond donors (Lipinski definition) is 1. The van der Waals surface area contributed by atoms with E-state index >= 15 is 0 Å². The SMILES string of the molecule is CCC(CNC(=O)C1(c2ccc(F)cc2)CCOCC1)c1ccccc1. The molecule has 0 bridgehead atoms. The highest BCUT2D eigenvalue weighted by atomic mass is 19.1. The summed E-state index contributed by atoms with van der Waals surface area (Å²) in [4.78, 5) is 13.2. The van der Waals surface area contributed by atoms with Gasteiger partial charge in [-0.25, -0.2) is 4.39 Å². The van der Waals surface area contributed by atoms with Crippen LogP contribution >= 0.6 is 0 Å². The molecule has 1 amide bonds. The van der Waals surface area contributed by atoms with Crippen LogP contribution in [-0.4, -0.2) is 25.7 Å². The number of amides is 1. The van der Waals surface area contributed by atoms with E-state index in [1.165, 1.54) is 17.7 Å². The average Bonchev–Trinajstić information content (AvgIpc) is 2.70. The maximum atomic E-state index is 13.3. The van der Waals surface area contributed by atoms with Crippen molar-refractivity contribution in [1.82, 2.24) is 5.32 Å². The summed E-state index contributed by atoms with van der Waals surface area (Å²) in [7, 11) is 0. The highest BCUT2D eigenvalue weighted by molar-refractivity contribution is 5.88. The van der Waals surface area contributed by atoms with Gasteiger partial charge in [-0.05, 0) is 42.5 Å². The topological polar surface area (TPSA) is 38.3 Å². The number of rotatable bonds is 6. The Bertz CT molecular complexity index is 709. The minimum absolute atomic E-state index is 0.0155. The van der Waals surface area contributed by atoms with Crippen molar-refractivity contribution in [2.24, 2.45) is 0 Å². The Kier molecular flexibility index (Phi) is 6.04. The quantitative estimate of drug-likeness (QED) is 0.844. The molecule has 3 rings (SSSR count). The monoisotopic (exact) mass is 355 g/mol. The van der Waals surface area contributed by atoms with Crippen LogP contribution < -0.4 is 5.32 Å². The Hall–Kier alpha value is -2.20. The lowest BCUT2D eigenvalue weighted by Crippen LogP contribution is -2.48. The van der Waals surface area contributed by atoms with Crippen molar-refractivity contribution >= 4 is 5.91 Å². The third-order valence-electron chi connectivity index (χ3n) is 5.45. The summed E-state index contributed by atoms with van der Waals surface area (Å²) < 4.78 is 18.8. The number of benzene rings is 2. The molecule has 3 nitrogen and oxygen atoms in total. The second kappa shape index (κ2) is 8.45. The molecular formula is C22H26FNO2. The second-order valence-corrected chi connectivity index (χ2v) is 6.93. The molecule has 26 heavy (non-hydrogen) atoms. The second-order valence-electron chi connectivity index (χ2n) is 6.93. The van der Waals surface area contributed by atoms with Crippen LogP contribution in [0.5, 0.6) is 0 Å². The lowest BCUT2D eigenvalue weighted by molar-refractivity contribution is -0.130. The molecule has 1 aliphatic rings. The van der Waals surface area contributed by atoms with Crippen molar-refractivity contribution in [2.45, 2.75) is 37.5 Å². The van der Waals surface area contributed by atoms with Crippen LogP contribution in [0.4, 0.5) is 4.39 Å². The molecule has 1 aliphatic heterocycles. The zero-order chi connectivity index (χ0) is 18.4. The zero-order valence-corrected chi connectivity index (χ0v) is 15.2. The summed E-state index contributed by atoms with van der Waals surface area (Å²) in [6.07, 6.45) is 2.19. The Morgan fingerprint density at radius 1 is 1.12 bits per heavy atom. The molecule has 1 unspecified atom stereocenters. The molecule has 1 heterocycles. The summed E-state index contributed by atoms with van der Waals surface area (Å²) in [5.74, 6) is 0.0125. The van der Waals surface area contributed by atoms with Crippen molar-refractivity contribution < 1.29 is 13.9 Å². The van der Waals surface area contributed by atoms with Gasteiger partial charge in [-0.15, -0.1) is 0 Å². The van der Waals surface area contributed by atoms with Crippen molar-refractivity contribution in [3.05, 3.63) is 71.5 Å².